The minimum absolute atomic E-state index is 0.302. The van der Waals surface area contributed by atoms with E-state index in [4.69, 9.17) is 5.73 Å². The van der Waals surface area contributed by atoms with E-state index in [0.717, 1.165) is 18.6 Å². The zero-order valence-electron chi connectivity index (χ0n) is 10.9. The fourth-order valence-electron chi connectivity index (χ4n) is 2.45. The van der Waals surface area contributed by atoms with Gasteiger partial charge in [-0.05, 0) is 51.6 Å². The Balaban J connectivity index is 2.42. The monoisotopic (exact) mass is 212 g/mol. The van der Waals surface area contributed by atoms with Gasteiger partial charge >= 0.3 is 0 Å². The molecule has 2 nitrogen and oxygen atoms in total. The van der Waals surface area contributed by atoms with Crippen LogP contribution in [0, 0.1) is 5.41 Å². The summed E-state index contributed by atoms with van der Waals surface area (Å²) >= 11 is 0. The van der Waals surface area contributed by atoms with E-state index < -0.39 is 0 Å². The van der Waals surface area contributed by atoms with Gasteiger partial charge in [0.05, 0.1) is 0 Å². The van der Waals surface area contributed by atoms with Crippen molar-refractivity contribution in [1.29, 1.82) is 0 Å². The highest BCUT2D eigenvalue weighted by atomic mass is 15.2. The van der Waals surface area contributed by atoms with E-state index in [1.807, 2.05) is 0 Å². The van der Waals surface area contributed by atoms with Crippen LogP contribution in [0.2, 0.25) is 0 Å². The molecule has 1 saturated heterocycles. The predicted molar refractivity (Wildman–Crippen MR) is 66.9 cm³/mol. The van der Waals surface area contributed by atoms with Gasteiger partial charge in [-0.25, -0.2) is 0 Å². The topological polar surface area (TPSA) is 29.3 Å². The molecule has 0 amide bonds. The second-order valence-corrected chi connectivity index (χ2v) is 5.99. The van der Waals surface area contributed by atoms with E-state index in [1.165, 1.54) is 32.2 Å². The van der Waals surface area contributed by atoms with Gasteiger partial charge in [0.1, 0.15) is 0 Å². The first-order valence-electron chi connectivity index (χ1n) is 6.42. The number of hydrogen-bond acceptors (Lipinski definition) is 2. The number of nitrogens with zero attached hydrogens (tertiary/aromatic N) is 1. The molecule has 15 heavy (non-hydrogen) atoms. The smallest absolute Gasteiger partial charge is 0.00697 e. The van der Waals surface area contributed by atoms with Gasteiger partial charge < -0.3 is 5.73 Å². The molecule has 1 aliphatic heterocycles. The molecule has 0 spiro atoms. The van der Waals surface area contributed by atoms with Gasteiger partial charge in [-0.1, -0.05) is 20.3 Å². The highest BCUT2D eigenvalue weighted by Gasteiger charge is 2.26. The molecule has 0 saturated carbocycles. The first-order valence-corrected chi connectivity index (χ1v) is 6.42. The number of piperidine rings is 1. The maximum atomic E-state index is 5.77. The molecule has 0 radical (unpaired) electrons. The molecular weight excluding hydrogens is 184 g/mol. The summed E-state index contributed by atoms with van der Waals surface area (Å²) in [5.41, 5.74) is 6.08. The van der Waals surface area contributed by atoms with Crippen molar-refractivity contribution in [3.63, 3.8) is 0 Å². The largest absolute Gasteiger partial charge is 0.330 e. The predicted octanol–water partition coefficient (Wildman–Crippen LogP) is 2.62. The lowest BCUT2D eigenvalue weighted by Gasteiger charge is -2.40. The molecule has 0 aliphatic carbocycles. The summed E-state index contributed by atoms with van der Waals surface area (Å²) in [5, 5.41) is 0. The Morgan fingerprint density at radius 3 is 2.20 bits per heavy atom. The first kappa shape index (κ1) is 13.0. The lowest BCUT2D eigenvalue weighted by atomic mass is 9.88. The van der Waals surface area contributed by atoms with Gasteiger partial charge in [-0.15, -0.1) is 0 Å². The standard InChI is InChI=1S/C13H28N2/c1-11-6-5-7-12(2)15(11)9-8-13(3,4)10-14/h11-12H,5-10,14H2,1-4H3/t11-,12+. The van der Waals surface area contributed by atoms with Crippen LogP contribution in [0.25, 0.3) is 0 Å². The Kier molecular flexibility index (Phi) is 4.60. The summed E-state index contributed by atoms with van der Waals surface area (Å²) in [5.74, 6) is 0. The summed E-state index contributed by atoms with van der Waals surface area (Å²) in [4.78, 5) is 2.67. The lowest BCUT2D eigenvalue weighted by molar-refractivity contribution is 0.0882. The molecule has 0 aromatic rings. The van der Waals surface area contributed by atoms with Crippen molar-refractivity contribution in [3.05, 3.63) is 0 Å². The highest BCUT2D eigenvalue weighted by molar-refractivity contribution is 4.81. The zero-order chi connectivity index (χ0) is 11.5. The third kappa shape index (κ3) is 3.76. The second kappa shape index (κ2) is 5.31. The molecule has 1 fully saturated rings. The van der Waals surface area contributed by atoms with Crippen molar-refractivity contribution in [2.75, 3.05) is 13.1 Å². The third-order valence-corrected chi connectivity index (χ3v) is 3.98. The Hall–Kier alpha value is -0.0800. The van der Waals surface area contributed by atoms with Crippen LogP contribution in [0.1, 0.15) is 53.4 Å². The molecular formula is C13H28N2. The number of hydrogen-bond donors (Lipinski definition) is 1. The summed E-state index contributed by atoms with van der Waals surface area (Å²) < 4.78 is 0. The summed E-state index contributed by atoms with van der Waals surface area (Å²) in [6.45, 7) is 11.3. The average Bonchev–Trinajstić information content (AvgIpc) is 2.17. The number of rotatable bonds is 4. The quantitative estimate of drug-likeness (QED) is 0.776. The number of nitrogens with two attached hydrogens (primary N) is 1. The molecule has 1 rings (SSSR count). The highest BCUT2D eigenvalue weighted by Crippen LogP contribution is 2.26. The second-order valence-electron chi connectivity index (χ2n) is 5.99. The van der Waals surface area contributed by atoms with Crippen LogP contribution in [0.3, 0.4) is 0 Å². The van der Waals surface area contributed by atoms with Crippen LogP contribution in [0.5, 0.6) is 0 Å². The summed E-state index contributed by atoms with van der Waals surface area (Å²) in [7, 11) is 0. The minimum Gasteiger partial charge on any atom is -0.330 e. The van der Waals surface area contributed by atoms with Crippen LogP contribution >= 0.6 is 0 Å². The van der Waals surface area contributed by atoms with Crippen molar-refractivity contribution in [2.24, 2.45) is 11.1 Å². The van der Waals surface area contributed by atoms with Gasteiger partial charge in [0.25, 0.3) is 0 Å². The van der Waals surface area contributed by atoms with Crippen molar-refractivity contribution >= 4 is 0 Å². The average molecular weight is 212 g/mol. The van der Waals surface area contributed by atoms with Gasteiger partial charge in [0, 0.05) is 12.1 Å². The first-order chi connectivity index (χ1) is 6.96. The molecule has 90 valence electrons. The van der Waals surface area contributed by atoms with E-state index in [-0.39, 0.29) is 0 Å². The van der Waals surface area contributed by atoms with Gasteiger partial charge in [-0.3, -0.25) is 4.90 Å². The molecule has 0 aromatic carbocycles. The summed E-state index contributed by atoms with van der Waals surface area (Å²) in [6, 6.07) is 1.53. The van der Waals surface area contributed by atoms with Crippen LogP contribution in [0.4, 0.5) is 0 Å². The van der Waals surface area contributed by atoms with Crippen molar-refractivity contribution in [2.45, 2.75) is 65.5 Å². The van der Waals surface area contributed by atoms with Crippen molar-refractivity contribution in [1.82, 2.24) is 4.90 Å². The SMILES string of the molecule is C[C@@H]1CCC[C@H](C)N1CCC(C)(C)CN. The number of likely N-dealkylation sites (tertiary alicyclic amines) is 1. The third-order valence-electron chi connectivity index (χ3n) is 3.98. The van der Waals surface area contributed by atoms with E-state index in [9.17, 15) is 0 Å². The van der Waals surface area contributed by atoms with E-state index >= 15 is 0 Å². The summed E-state index contributed by atoms with van der Waals surface area (Å²) in [6.07, 6.45) is 5.36. The molecule has 1 aliphatic rings. The molecule has 1 heterocycles. The molecule has 2 heteroatoms. The van der Waals surface area contributed by atoms with Crippen LogP contribution in [-0.4, -0.2) is 30.1 Å². The molecule has 0 bridgehead atoms. The van der Waals surface area contributed by atoms with Crippen molar-refractivity contribution in [3.8, 4) is 0 Å². The van der Waals surface area contributed by atoms with Gasteiger partial charge in [-0.2, -0.15) is 0 Å². The fourth-order valence-corrected chi connectivity index (χ4v) is 2.45. The van der Waals surface area contributed by atoms with E-state index in [0.29, 0.717) is 5.41 Å². The molecule has 2 atom stereocenters. The molecule has 2 N–H and O–H groups in total. The van der Waals surface area contributed by atoms with Crippen molar-refractivity contribution < 1.29 is 0 Å². The van der Waals surface area contributed by atoms with Gasteiger partial charge in [0.2, 0.25) is 0 Å². The Labute approximate surface area is 95.2 Å². The maximum Gasteiger partial charge on any atom is 0.00697 e. The fraction of sp³-hybridized carbons (Fsp3) is 1.00. The maximum absolute atomic E-state index is 5.77. The minimum atomic E-state index is 0.302. The molecule has 0 aromatic heterocycles. The normalized spacial score (nSPS) is 29.4. The lowest BCUT2D eigenvalue weighted by Crippen LogP contribution is -2.45. The Morgan fingerprint density at radius 1 is 1.20 bits per heavy atom. The molecule has 0 unspecified atom stereocenters. The Bertz CT molecular complexity index is 179. The van der Waals surface area contributed by atoms with Crippen LogP contribution in [-0.2, 0) is 0 Å². The Morgan fingerprint density at radius 2 is 1.73 bits per heavy atom. The van der Waals surface area contributed by atoms with Crippen LogP contribution in [0.15, 0.2) is 0 Å². The van der Waals surface area contributed by atoms with E-state index in [2.05, 4.69) is 32.6 Å². The van der Waals surface area contributed by atoms with Gasteiger partial charge in [0.15, 0.2) is 0 Å². The van der Waals surface area contributed by atoms with Crippen LogP contribution < -0.4 is 5.73 Å². The zero-order valence-corrected chi connectivity index (χ0v) is 10.9. The van der Waals surface area contributed by atoms with E-state index in [1.54, 1.807) is 0 Å².